The van der Waals surface area contributed by atoms with Gasteiger partial charge in [0.2, 0.25) is 11.8 Å². The predicted molar refractivity (Wildman–Crippen MR) is 193 cm³/mol. The number of imidazole rings is 1. The molecular weight excluding hydrogens is 652 g/mol. The van der Waals surface area contributed by atoms with Gasteiger partial charge in [-0.3, -0.25) is 33.7 Å². The minimum atomic E-state index is -2.93. The first-order chi connectivity index (χ1) is 24.4. The Bertz CT molecular complexity index is 1920. The van der Waals surface area contributed by atoms with E-state index in [1.165, 1.54) is 14.7 Å². The van der Waals surface area contributed by atoms with Gasteiger partial charge in [-0.15, -0.1) is 0 Å². The lowest BCUT2D eigenvalue weighted by molar-refractivity contribution is -0.135. The minimum absolute atomic E-state index is 0.100. The summed E-state index contributed by atoms with van der Waals surface area (Å²) in [7, 11) is 3.37. The number of allylic oxidation sites excluding steroid dienone is 4. The normalized spacial score (nSPS) is 21.1. The molecule has 51 heavy (non-hydrogen) atoms. The summed E-state index contributed by atoms with van der Waals surface area (Å²) in [6.07, 6.45) is 9.83. The fourth-order valence-electron chi connectivity index (χ4n) is 8.21. The highest BCUT2D eigenvalue weighted by Crippen LogP contribution is 2.41. The summed E-state index contributed by atoms with van der Waals surface area (Å²) in [5.41, 5.74) is 5.02. The molecule has 0 spiro atoms. The lowest BCUT2D eigenvalue weighted by Gasteiger charge is -2.40. The number of carbonyl (C=O) groups excluding carboxylic acids is 3. The monoisotopic (exact) mass is 701 g/mol. The Morgan fingerprint density at radius 2 is 1.69 bits per heavy atom. The van der Waals surface area contributed by atoms with E-state index in [0.29, 0.717) is 54.9 Å². The molecule has 3 amide bonds. The van der Waals surface area contributed by atoms with Crippen LogP contribution in [0.25, 0.3) is 11.0 Å². The maximum absolute atomic E-state index is 15.8. The molecule has 3 aliphatic rings. The highest BCUT2D eigenvalue weighted by molar-refractivity contribution is 6.00. The SMILES string of the molecule is CCCC(CCC)c1ccc(C(=O)N(C)C2=CC=C(C3CCN(Cc4ccc5c(c4)n(C)c(=O)n5C4CCC(=O)NC4=O)CC3(F)F)CC2)cc1. The van der Waals surface area contributed by atoms with Gasteiger partial charge in [0.25, 0.3) is 11.8 Å². The van der Waals surface area contributed by atoms with Gasteiger partial charge in [-0.05, 0) is 92.5 Å². The van der Waals surface area contributed by atoms with E-state index in [9.17, 15) is 19.2 Å². The Hall–Kier alpha value is -4.38. The maximum atomic E-state index is 15.8. The molecule has 2 atom stereocenters. The number of carbonyl (C=O) groups is 3. The Morgan fingerprint density at radius 3 is 2.31 bits per heavy atom. The number of likely N-dealkylation sites (tertiary alicyclic amines) is 1. The molecule has 0 radical (unpaired) electrons. The number of nitrogens with zero attached hydrogens (tertiary/aromatic N) is 4. The summed E-state index contributed by atoms with van der Waals surface area (Å²) in [4.78, 5) is 54.0. The third-order valence-electron chi connectivity index (χ3n) is 11.0. The van der Waals surface area contributed by atoms with Crippen LogP contribution in [-0.4, -0.2) is 62.7 Å². The van der Waals surface area contributed by atoms with Crippen molar-refractivity contribution in [1.82, 2.24) is 24.3 Å². The zero-order valence-electron chi connectivity index (χ0n) is 30.1. The molecule has 1 aliphatic carbocycles. The van der Waals surface area contributed by atoms with E-state index >= 15 is 8.78 Å². The Kier molecular flexibility index (Phi) is 10.8. The molecule has 2 fully saturated rings. The summed E-state index contributed by atoms with van der Waals surface area (Å²) in [6.45, 7) is 4.80. The number of hydrogen-bond acceptors (Lipinski definition) is 5. The lowest BCUT2D eigenvalue weighted by Crippen LogP contribution is -2.48. The summed E-state index contributed by atoms with van der Waals surface area (Å²) in [5, 5.41) is 2.31. The fourth-order valence-corrected chi connectivity index (χ4v) is 8.21. The van der Waals surface area contributed by atoms with Gasteiger partial charge in [0, 0.05) is 44.2 Å². The van der Waals surface area contributed by atoms with Crippen molar-refractivity contribution < 1.29 is 23.2 Å². The molecule has 272 valence electrons. The summed E-state index contributed by atoms with van der Waals surface area (Å²) >= 11 is 0. The van der Waals surface area contributed by atoms with Crippen LogP contribution in [0.15, 0.2) is 70.7 Å². The van der Waals surface area contributed by atoms with E-state index in [0.717, 1.165) is 42.5 Å². The number of piperidine rings is 2. The van der Waals surface area contributed by atoms with Crippen LogP contribution >= 0.6 is 0 Å². The Labute approximate surface area is 298 Å². The van der Waals surface area contributed by atoms with Crippen LogP contribution in [0.2, 0.25) is 0 Å². The highest BCUT2D eigenvalue weighted by atomic mass is 19.3. The third kappa shape index (κ3) is 7.49. The number of nitrogens with one attached hydrogen (secondary N) is 1. The predicted octanol–water partition coefficient (Wildman–Crippen LogP) is 6.84. The number of hydrogen-bond donors (Lipinski definition) is 1. The van der Waals surface area contributed by atoms with Crippen molar-refractivity contribution in [2.45, 2.75) is 96.1 Å². The van der Waals surface area contributed by atoms with Crippen LogP contribution in [0.5, 0.6) is 0 Å². The molecule has 1 N–H and O–H groups in total. The average molecular weight is 702 g/mol. The fraction of sp³-hybridized carbons (Fsp3) is 0.500. The minimum Gasteiger partial charge on any atom is -0.315 e. The summed E-state index contributed by atoms with van der Waals surface area (Å²) < 4.78 is 34.4. The number of aryl methyl sites for hydroxylation is 1. The van der Waals surface area contributed by atoms with Crippen molar-refractivity contribution in [2.75, 3.05) is 20.1 Å². The molecule has 3 heterocycles. The van der Waals surface area contributed by atoms with Crippen molar-refractivity contribution in [3.63, 3.8) is 0 Å². The number of alkyl halides is 2. The number of fused-ring (bicyclic) bond motifs is 1. The zero-order valence-corrected chi connectivity index (χ0v) is 30.1. The van der Waals surface area contributed by atoms with E-state index in [4.69, 9.17) is 0 Å². The molecule has 0 saturated carbocycles. The van der Waals surface area contributed by atoms with Gasteiger partial charge in [0.15, 0.2) is 0 Å². The van der Waals surface area contributed by atoms with Crippen LogP contribution in [0, 0.1) is 5.92 Å². The molecule has 2 aliphatic heterocycles. The first kappa shape index (κ1) is 36.4. The van der Waals surface area contributed by atoms with Gasteiger partial charge < -0.3 is 4.90 Å². The second kappa shape index (κ2) is 15.1. The van der Waals surface area contributed by atoms with Crippen LogP contribution in [-0.2, 0) is 23.2 Å². The van der Waals surface area contributed by atoms with E-state index in [1.807, 2.05) is 30.3 Å². The van der Waals surface area contributed by atoms with Gasteiger partial charge in [-0.1, -0.05) is 56.5 Å². The van der Waals surface area contributed by atoms with Crippen LogP contribution in [0.1, 0.15) is 105 Å². The molecule has 1 aromatic heterocycles. The van der Waals surface area contributed by atoms with Crippen LogP contribution < -0.4 is 11.0 Å². The van der Waals surface area contributed by atoms with Crippen molar-refractivity contribution >= 4 is 28.8 Å². The van der Waals surface area contributed by atoms with E-state index in [-0.39, 0.29) is 36.9 Å². The smallest absolute Gasteiger partial charge is 0.315 e. The van der Waals surface area contributed by atoms with E-state index < -0.39 is 23.8 Å². The first-order valence-electron chi connectivity index (χ1n) is 18.3. The van der Waals surface area contributed by atoms with E-state index in [2.05, 4.69) is 31.3 Å². The van der Waals surface area contributed by atoms with Crippen LogP contribution in [0.4, 0.5) is 8.78 Å². The van der Waals surface area contributed by atoms with Gasteiger partial charge in [-0.25, -0.2) is 13.6 Å². The zero-order chi connectivity index (χ0) is 36.4. The van der Waals surface area contributed by atoms with E-state index in [1.54, 1.807) is 36.0 Å². The van der Waals surface area contributed by atoms with Gasteiger partial charge in [0.1, 0.15) is 6.04 Å². The van der Waals surface area contributed by atoms with Crippen molar-refractivity contribution in [1.29, 1.82) is 0 Å². The van der Waals surface area contributed by atoms with Crippen LogP contribution in [0.3, 0.4) is 0 Å². The Morgan fingerprint density at radius 1 is 0.961 bits per heavy atom. The number of imide groups is 1. The number of benzene rings is 2. The number of halogens is 2. The number of amides is 3. The molecule has 11 heteroatoms. The molecule has 2 unspecified atom stereocenters. The Balaban J connectivity index is 1.09. The average Bonchev–Trinajstić information content (AvgIpc) is 3.35. The molecule has 2 saturated heterocycles. The standard InChI is InChI=1S/C40H49F2N5O4/c1-5-7-27(8-6-2)28-10-12-30(13-11-28)38(50)44(3)31-16-14-29(15-17-31)32-21-22-46(25-40(32,41)42)24-26-9-18-33-35(23-26)45(4)39(51)47(33)34-19-20-36(48)43-37(34)49/h9-14,16,18,23,27,32,34H,5-8,15,17,19-22,24-25H2,1-4H3,(H,43,48,49). The van der Waals surface area contributed by atoms with Crippen molar-refractivity contribution in [3.05, 3.63) is 93.1 Å². The molecule has 6 rings (SSSR count). The van der Waals surface area contributed by atoms with Gasteiger partial charge >= 0.3 is 5.69 Å². The summed E-state index contributed by atoms with van der Waals surface area (Å²) in [6, 6.07) is 12.6. The highest BCUT2D eigenvalue weighted by Gasteiger charge is 2.46. The topological polar surface area (TPSA) is 96.7 Å². The molecule has 9 nitrogen and oxygen atoms in total. The maximum Gasteiger partial charge on any atom is 0.329 e. The molecular formula is C40H49F2N5O4. The third-order valence-corrected chi connectivity index (χ3v) is 11.0. The second-order valence-electron chi connectivity index (χ2n) is 14.5. The largest absolute Gasteiger partial charge is 0.329 e. The number of aromatic nitrogens is 2. The lowest BCUT2D eigenvalue weighted by atomic mass is 9.81. The van der Waals surface area contributed by atoms with Crippen molar-refractivity contribution in [2.24, 2.45) is 13.0 Å². The first-order valence-corrected chi connectivity index (χ1v) is 18.3. The number of rotatable bonds is 11. The molecule has 3 aromatic rings. The van der Waals surface area contributed by atoms with Gasteiger partial charge in [0.05, 0.1) is 17.6 Å². The summed E-state index contributed by atoms with van der Waals surface area (Å²) in [5.74, 6) is -4.25. The molecule has 2 aromatic carbocycles. The molecule has 0 bridgehead atoms. The van der Waals surface area contributed by atoms with Crippen molar-refractivity contribution in [3.8, 4) is 0 Å². The second-order valence-corrected chi connectivity index (χ2v) is 14.5. The quantitative estimate of drug-likeness (QED) is 0.221. The van der Waals surface area contributed by atoms with Gasteiger partial charge in [-0.2, -0.15) is 0 Å².